The molecule has 0 aliphatic rings. The van der Waals surface area contributed by atoms with Gasteiger partial charge in [-0.2, -0.15) is 0 Å². The molecule has 5 nitrogen and oxygen atoms in total. The maximum Gasteiger partial charge on any atom is 0.307 e. The Morgan fingerprint density at radius 3 is 2.69 bits per heavy atom. The van der Waals surface area contributed by atoms with Gasteiger partial charge in [0.25, 0.3) is 0 Å². The van der Waals surface area contributed by atoms with Crippen LogP contribution in [0.2, 0.25) is 0 Å². The second-order valence-corrected chi connectivity index (χ2v) is 7.89. The third-order valence-electron chi connectivity index (χ3n) is 3.88. The summed E-state index contributed by atoms with van der Waals surface area (Å²) in [5, 5.41) is 1.03. The highest BCUT2D eigenvalue weighted by Crippen LogP contribution is 2.35. The molecule has 134 valence electrons. The fourth-order valence-electron chi connectivity index (χ4n) is 2.50. The fraction of sp³-hybridized carbons (Fsp3) is 0.263. The molecule has 3 rings (SSSR count). The number of carbonyl (C=O) groups excluding carboxylic acids is 2. The van der Waals surface area contributed by atoms with Gasteiger partial charge in [0.05, 0.1) is 18.8 Å². The molecule has 3 aromatic rings. The Labute approximate surface area is 159 Å². The van der Waals surface area contributed by atoms with Gasteiger partial charge in [0.15, 0.2) is 5.78 Å². The summed E-state index contributed by atoms with van der Waals surface area (Å²) in [5.74, 6) is -0.532. The molecule has 0 saturated heterocycles. The van der Waals surface area contributed by atoms with Gasteiger partial charge in [0, 0.05) is 15.8 Å². The number of methoxy groups -OCH3 is 1. The Morgan fingerprint density at radius 2 is 2.00 bits per heavy atom. The Morgan fingerprint density at radius 1 is 1.23 bits per heavy atom. The number of aryl methyl sites for hydroxylation is 1. The van der Waals surface area contributed by atoms with Gasteiger partial charge >= 0.3 is 5.97 Å². The van der Waals surface area contributed by atoms with E-state index in [0.717, 1.165) is 16.6 Å². The van der Waals surface area contributed by atoms with E-state index in [0.29, 0.717) is 10.6 Å². The number of hydrogen-bond donors (Lipinski definition) is 0. The first kappa shape index (κ1) is 18.5. The lowest BCUT2D eigenvalue weighted by Gasteiger charge is -2.14. The minimum absolute atomic E-state index is 0.00877. The molecular weight excluding hydrogens is 368 g/mol. The largest absolute Gasteiger partial charge is 0.469 e. The predicted molar refractivity (Wildman–Crippen MR) is 104 cm³/mol. The molecule has 0 N–H and O–H groups in total. The standard InChI is InChI=1S/C19H18N2O3S2/c1-3-13-9-14-18(25-13)20-11-21-19(14)26-15(10-16(22)24-2)17(23)12-7-5-4-6-8-12/h4-9,11,15H,3,10H2,1-2H3. The molecule has 0 fully saturated rings. The summed E-state index contributed by atoms with van der Waals surface area (Å²) in [6, 6.07) is 11.0. The zero-order valence-corrected chi connectivity index (χ0v) is 16.1. The van der Waals surface area contributed by atoms with E-state index in [1.165, 1.54) is 30.1 Å². The van der Waals surface area contributed by atoms with E-state index in [4.69, 9.17) is 4.74 Å². The number of aromatic nitrogens is 2. The number of esters is 1. The van der Waals surface area contributed by atoms with Crippen molar-refractivity contribution in [1.82, 2.24) is 9.97 Å². The third-order valence-corrected chi connectivity index (χ3v) is 6.28. The topological polar surface area (TPSA) is 69.2 Å². The van der Waals surface area contributed by atoms with Crippen LogP contribution in [0.5, 0.6) is 0 Å². The van der Waals surface area contributed by atoms with E-state index in [-0.39, 0.29) is 12.2 Å². The number of ketones is 1. The van der Waals surface area contributed by atoms with Gasteiger partial charge in [-0.3, -0.25) is 9.59 Å². The van der Waals surface area contributed by atoms with Crippen molar-refractivity contribution in [2.75, 3.05) is 7.11 Å². The molecule has 0 saturated carbocycles. The highest BCUT2D eigenvalue weighted by Gasteiger charge is 2.26. The van der Waals surface area contributed by atoms with Crippen LogP contribution in [0.15, 0.2) is 47.8 Å². The first-order chi connectivity index (χ1) is 12.6. The Kier molecular flexibility index (Phi) is 6.00. The minimum atomic E-state index is -0.604. The quantitative estimate of drug-likeness (QED) is 0.263. The van der Waals surface area contributed by atoms with Crippen LogP contribution in [0.25, 0.3) is 10.2 Å². The van der Waals surface area contributed by atoms with Crippen LogP contribution in [0.4, 0.5) is 0 Å². The van der Waals surface area contributed by atoms with Crippen LogP contribution >= 0.6 is 23.1 Å². The van der Waals surface area contributed by atoms with Crippen molar-refractivity contribution in [2.24, 2.45) is 0 Å². The number of nitrogens with zero attached hydrogens (tertiary/aromatic N) is 2. The second-order valence-electron chi connectivity index (χ2n) is 5.58. The number of rotatable bonds is 7. The van der Waals surface area contributed by atoms with Crippen molar-refractivity contribution < 1.29 is 14.3 Å². The average molecular weight is 386 g/mol. The summed E-state index contributed by atoms with van der Waals surface area (Å²) in [4.78, 5) is 35.5. The average Bonchev–Trinajstić information content (AvgIpc) is 3.12. The number of carbonyl (C=O) groups is 2. The zero-order chi connectivity index (χ0) is 18.5. The van der Waals surface area contributed by atoms with Crippen molar-refractivity contribution in [3.05, 3.63) is 53.2 Å². The van der Waals surface area contributed by atoms with Gasteiger partial charge in [-0.25, -0.2) is 9.97 Å². The Balaban J connectivity index is 1.94. The fourth-order valence-corrected chi connectivity index (χ4v) is 4.62. The number of thioether (sulfide) groups is 1. The summed E-state index contributed by atoms with van der Waals surface area (Å²) in [5.41, 5.74) is 0.568. The molecule has 2 aromatic heterocycles. The van der Waals surface area contributed by atoms with Crippen LogP contribution < -0.4 is 0 Å². The molecule has 0 aliphatic heterocycles. The SMILES string of the molecule is CCc1cc2c(SC(CC(=O)OC)C(=O)c3ccccc3)ncnc2s1. The van der Waals surface area contributed by atoms with Crippen molar-refractivity contribution in [2.45, 2.75) is 30.0 Å². The maximum absolute atomic E-state index is 12.9. The summed E-state index contributed by atoms with van der Waals surface area (Å²) in [6.07, 6.45) is 2.41. The number of ether oxygens (including phenoxy) is 1. The van der Waals surface area contributed by atoms with Gasteiger partial charge in [-0.05, 0) is 12.5 Å². The number of thiophene rings is 1. The van der Waals surface area contributed by atoms with Crippen LogP contribution in [-0.2, 0) is 16.0 Å². The van der Waals surface area contributed by atoms with Gasteiger partial charge in [0.1, 0.15) is 16.2 Å². The number of hydrogen-bond acceptors (Lipinski definition) is 7. The molecule has 2 heterocycles. The summed E-state index contributed by atoms with van der Waals surface area (Å²) in [7, 11) is 1.33. The monoisotopic (exact) mass is 386 g/mol. The molecular formula is C19H18N2O3S2. The minimum Gasteiger partial charge on any atom is -0.469 e. The van der Waals surface area contributed by atoms with E-state index in [1.54, 1.807) is 23.5 Å². The van der Waals surface area contributed by atoms with E-state index in [9.17, 15) is 9.59 Å². The normalized spacial score (nSPS) is 12.1. The van der Waals surface area contributed by atoms with Crippen molar-refractivity contribution in [3.8, 4) is 0 Å². The van der Waals surface area contributed by atoms with Crippen molar-refractivity contribution in [1.29, 1.82) is 0 Å². The molecule has 0 aliphatic carbocycles. The third kappa shape index (κ3) is 4.11. The number of benzene rings is 1. The smallest absolute Gasteiger partial charge is 0.307 e. The van der Waals surface area contributed by atoms with Gasteiger partial charge in [0.2, 0.25) is 0 Å². The Hall–Kier alpha value is -2.25. The lowest BCUT2D eigenvalue weighted by Crippen LogP contribution is -2.22. The van der Waals surface area contributed by atoms with Crippen LogP contribution in [0.1, 0.15) is 28.6 Å². The molecule has 1 unspecified atom stereocenters. The van der Waals surface area contributed by atoms with E-state index in [2.05, 4.69) is 23.0 Å². The molecule has 1 atom stereocenters. The highest BCUT2D eigenvalue weighted by atomic mass is 32.2. The number of Topliss-reactive ketones (excluding diaryl/α,β-unsaturated/α-hetero) is 1. The van der Waals surface area contributed by atoms with Gasteiger partial charge < -0.3 is 4.74 Å². The molecule has 0 bridgehead atoms. The first-order valence-electron chi connectivity index (χ1n) is 8.18. The molecule has 7 heteroatoms. The molecule has 1 aromatic carbocycles. The Bertz CT molecular complexity index is 925. The molecule has 26 heavy (non-hydrogen) atoms. The van der Waals surface area contributed by atoms with Crippen LogP contribution in [0.3, 0.4) is 0 Å². The molecule has 0 radical (unpaired) electrons. The predicted octanol–water partition coefficient (Wildman–Crippen LogP) is 4.16. The van der Waals surface area contributed by atoms with Crippen LogP contribution in [-0.4, -0.2) is 34.1 Å². The lowest BCUT2D eigenvalue weighted by molar-refractivity contribution is -0.140. The second kappa shape index (κ2) is 8.42. The summed E-state index contributed by atoms with van der Waals surface area (Å²) in [6.45, 7) is 2.09. The van der Waals surface area contributed by atoms with Crippen LogP contribution in [0, 0.1) is 0 Å². The molecule has 0 amide bonds. The summed E-state index contributed by atoms with van der Waals surface area (Å²) >= 11 is 2.91. The van der Waals surface area contributed by atoms with Crippen molar-refractivity contribution in [3.63, 3.8) is 0 Å². The zero-order valence-electron chi connectivity index (χ0n) is 14.5. The summed E-state index contributed by atoms with van der Waals surface area (Å²) < 4.78 is 4.78. The van der Waals surface area contributed by atoms with Crippen molar-refractivity contribution >= 4 is 45.1 Å². The first-order valence-corrected chi connectivity index (χ1v) is 9.88. The highest BCUT2D eigenvalue weighted by molar-refractivity contribution is 8.00. The number of fused-ring (bicyclic) bond motifs is 1. The van der Waals surface area contributed by atoms with E-state index >= 15 is 0 Å². The van der Waals surface area contributed by atoms with Gasteiger partial charge in [-0.15, -0.1) is 11.3 Å². The lowest BCUT2D eigenvalue weighted by atomic mass is 10.1. The van der Waals surface area contributed by atoms with E-state index in [1.807, 2.05) is 18.2 Å². The van der Waals surface area contributed by atoms with Gasteiger partial charge in [-0.1, -0.05) is 49.0 Å². The van der Waals surface area contributed by atoms with E-state index < -0.39 is 11.2 Å². The maximum atomic E-state index is 12.9. The molecule has 0 spiro atoms.